The molecule has 2 atom stereocenters. The Balaban J connectivity index is 2.95. The van der Waals surface area contributed by atoms with Crippen molar-refractivity contribution in [1.29, 1.82) is 0 Å². The Morgan fingerprint density at radius 3 is 2.38 bits per heavy atom. The minimum absolute atomic E-state index is 0.421. The first kappa shape index (κ1) is 12.2. The van der Waals surface area contributed by atoms with Crippen molar-refractivity contribution in [2.24, 2.45) is 11.7 Å². The van der Waals surface area contributed by atoms with Crippen LogP contribution in [0.2, 0.25) is 0 Å². The number of carbonyl (C=O) groups is 2. The van der Waals surface area contributed by atoms with E-state index in [0.717, 1.165) is 17.4 Å². The van der Waals surface area contributed by atoms with Crippen LogP contribution in [0.15, 0.2) is 24.3 Å². The fraction of sp³-hybridized carbons (Fsp3) is 0.333. The Labute approximate surface area is 94.4 Å². The molecule has 0 radical (unpaired) electrons. The van der Waals surface area contributed by atoms with Crippen LogP contribution in [0.5, 0.6) is 0 Å². The summed E-state index contributed by atoms with van der Waals surface area (Å²) in [5.41, 5.74) is 6.84. The molecule has 0 bridgehead atoms. The molecule has 0 aliphatic carbocycles. The van der Waals surface area contributed by atoms with Gasteiger partial charge in [0.2, 0.25) is 0 Å². The van der Waals surface area contributed by atoms with E-state index in [9.17, 15) is 9.59 Å². The molecule has 2 unspecified atom stereocenters. The second kappa shape index (κ2) is 5.30. The second-order valence-corrected chi connectivity index (χ2v) is 3.76. The maximum Gasteiger partial charge on any atom is 0.405 e. The summed E-state index contributed by atoms with van der Waals surface area (Å²) in [6, 6.07) is 7.43. The number of rotatable bonds is 4. The fourth-order valence-corrected chi connectivity index (χ4v) is 1.43. The molecule has 1 rings (SSSR count). The van der Waals surface area contributed by atoms with E-state index in [0.29, 0.717) is 0 Å². The highest BCUT2D eigenvalue weighted by Gasteiger charge is 2.22. The number of aldehydes is 1. The molecular weight excluding hydrogens is 206 g/mol. The van der Waals surface area contributed by atoms with Crippen LogP contribution in [0.3, 0.4) is 0 Å². The number of ether oxygens (including phenoxy) is 1. The van der Waals surface area contributed by atoms with E-state index in [4.69, 9.17) is 10.5 Å². The minimum atomic E-state index is -0.876. The lowest BCUT2D eigenvalue weighted by Crippen LogP contribution is -2.22. The van der Waals surface area contributed by atoms with Crippen molar-refractivity contribution in [3.63, 3.8) is 0 Å². The molecule has 4 heteroatoms. The van der Waals surface area contributed by atoms with Gasteiger partial charge in [0.05, 0.1) is 5.92 Å². The summed E-state index contributed by atoms with van der Waals surface area (Å²) >= 11 is 0. The normalized spacial score (nSPS) is 13.9. The maximum absolute atomic E-state index is 10.8. The van der Waals surface area contributed by atoms with Crippen LogP contribution in [0.25, 0.3) is 0 Å². The largest absolute Gasteiger partial charge is 0.441 e. The van der Waals surface area contributed by atoms with Crippen LogP contribution in [0.4, 0.5) is 4.79 Å². The maximum atomic E-state index is 10.8. The van der Waals surface area contributed by atoms with Crippen molar-refractivity contribution in [1.82, 2.24) is 0 Å². The molecule has 0 aromatic heterocycles. The lowest BCUT2D eigenvalue weighted by molar-refractivity contribution is -0.113. The molecular formula is C12H15NO3. The predicted octanol–water partition coefficient (Wildman–Crippen LogP) is 1.97. The summed E-state index contributed by atoms with van der Waals surface area (Å²) in [6.07, 6.45) is -0.747. The monoisotopic (exact) mass is 221 g/mol. The smallest absolute Gasteiger partial charge is 0.405 e. The number of aryl methyl sites for hydroxylation is 1. The van der Waals surface area contributed by atoms with E-state index in [1.807, 2.05) is 31.2 Å². The van der Waals surface area contributed by atoms with Crippen molar-refractivity contribution in [3.8, 4) is 0 Å². The van der Waals surface area contributed by atoms with Gasteiger partial charge in [0.15, 0.2) is 0 Å². The zero-order valence-corrected chi connectivity index (χ0v) is 9.34. The number of benzene rings is 1. The SMILES string of the molecule is Cc1ccc(C(OC(N)=O)C(C)C=O)cc1. The average Bonchev–Trinajstić information content (AvgIpc) is 2.26. The van der Waals surface area contributed by atoms with E-state index in [-0.39, 0.29) is 0 Å². The van der Waals surface area contributed by atoms with Crippen molar-refractivity contribution >= 4 is 12.4 Å². The van der Waals surface area contributed by atoms with Crippen LogP contribution in [0, 0.1) is 12.8 Å². The quantitative estimate of drug-likeness (QED) is 0.790. The average molecular weight is 221 g/mol. The molecule has 4 nitrogen and oxygen atoms in total. The first-order chi connectivity index (χ1) is 7.54. The highest BCUT2D eigenvalue weighted by Crippen LogP contribution is 2.25. The standard InChI is InChI=1S/C12H15NO3/c1-8-3-5-10(6-4-8)11(9(2)7-14)16-12(13)15/h3-7,9,11H,1-2H3,(H2,13,15). The van der Waals surface area contributed by atoms with Crippen LogP contribution in [-0.4, -0.2) is 12.4 Å². The molecule has 0 aliphatic rings. The molecule has 0 spiro atoms. The first-order valence-electron chi connectivity index (χ1n) is 5.02. The van der Waals surface area contributed by atoms with Gasteiger partial charge < -0.3 is 15.3 Å². The summed E-state index contributed by atoms with van der Waals surface area (Å²) in [6.45, 7) is 3.64. The molecule has 1 amide bonds. The summed E-state index contributed by atoms with van der Waals surface area (Å²) < 4.78 is 4.94. The molecule has 1 aromatic rings. The molecule has 0 saturated heterocycles. The number of nitrogens with two attached hydrogens (primary N) is 1. The van der Waals surface area contributed by atoms with Crippen molar-refractivity contribution in [2.75, 3.05) is 0 Å². The summed E-state index contributed by atoms with van der Waals surface area (Å²) in [5, 5.41) is 0. The van der Waals surface area contributed by atoms with Gasteiger partial charge in [-0.3, -0.25) is 0 Å². The molecule has 1 aromatic carbocycles. The van der Waals surface area contributed by atoms with Gasteiger partial charge in [-0.15, -0.1) is 0 Å². The van der Waals surface area contributed by atoms with E-state index in [1.54, 1.807) is 6.92 Å². The first-order valence-corrected chi connectivity index (χ1v) is 5.02. The van der Waals surface area contributed by atoms with Crippen LogP contribution in [-0.2, 0) is 9.53 Å². The van der Waals surface area contributed by atoms with Crippen LogP contribution in [0.1, 0.15) is 24.2 Å². The Hall–Kier alpha value is -1.84. The molecule has 2 N–H and O–H groups in total. The number of hydrogen-bond acceptors (Lipinski definition) is 3. The fourth-order valence-electron chi connectivity index (χ4n) is 1.43. The highest BCUT2D eigenvalue weighted by molar-refractivity contribution is 5.66. The third kappa shape index (κ3) is 3.08. The Bertz CT molecular complexity index is 372. The number of amides is 1. The van der Waals surface area contributed by atoms with Gasteiger partial charge in [-0.05, 0) is 12.5 Å². The number of carbonyl (C=O) groups excluding carboxylic acids is 2. The van der Waals surface area contributed by atoms with Gasteiger partial charge in [-0.2, -0.15) is 0 Å². The van der Waals surface area contributed by atoms with Gasteiger partial charge in [0, 0.05) is 0 Å². The Morgan fingerprint density at radius 2 is 1.94 bits per heavy atom. The van der Waals surface area contributed by atoms with Gasteiger partial charge in [0.1, 0.15) is 12.4 Å². The number of hydrogen-bond donors (Lipinski definition) is 1. The molecule has 0 fully saturated rings. The van der Waals surface area contributed by atoms with Crippen molar-refractivity contribution < 1.29 is 14.3 Å². The minimum Gasteiger partial charge on any atom is -0.441 e. The zero-order chi connectivity index (χ0) is 12.1. The van der Waals surface area contributed by atoms with Gasteiger partial charge in [-0.1, -0.05) is 36.8 Å². The van der Waals surface area contributed by atoms with E-state index < -0.39 is 18.1 Å². The summed E-state index contributed by atoms with van der Waals surface area (Å²) in [4.78, 5) is 21.5. The van der Waals surface area contributed by atoms with Crippen LogP contribution < -0.4 is 5.73 Å². The van der Waals surface area contributed by atoms with E-state index in [2.05, 4.69) is 0 Å². The summed E-state index contributed by atoms with van der Waals surface area (Å²) in [7, 11) is 0. The topological polar surface area (TPSA) is 69.4 Å². The van der Waals surface area contributed by atoms with Gasteiger partial charge in [-0.25, -0.2) is 4.79 Å². The predicted molar refractivity (Wildman–Crippen MR) is 59.8 cm³/mol. The molecule has 0 heterocycles. The third-order valence-electron chi connectivity index (χ3n) is 2.34. The molecule has 16 heavy (non-hydrogen) atoms. The number of primary amides is 1. The summed E-state index contributed by atoms with van der Waals surface area (Å²) in [5.74, 6) is -0.421. The second-order valence-electron chi connectivity index (χ2n) is 3.76. The Kier molecular flexibility index (Phi) is 4.05. The van der Waals surface area contributed by atoms with E-state index in [1.165, 1.54) is 0 Å². The van der Waals surface area contributed by atoms with Crippen molar-refractivity contribution in [3.05, 3.63) is 35.4 Å². The lowest BCUT2D eigenvalue weighted by atomic mass is 9.98. The van der Waals surface area contributed by atoms with Gasteiger partial charge in [0.25, 0.3) is 0 Å². The van der Waals surface area contributed by atoms with Crippen molar-refractivity contribution in [2.45, 2.75) is 20.0 Å². The highest BCUT2D eigenvalue weighted by atomic mass is 16.6. The molecule has 0 saturated carbocycles. The van der Waals surface area contributed by atoms with E-state index >= 15 is 0 Å². The van der Waals surface area contributed by atoms with Gasteiger partial charge >= 0.3 is 6.09 Å². The third-order valence-corrected chi connectivity index (χ3v) is 2.34. The lowest BCUT2D eigenvalue weighted by Gasteiger charge is -2.19. The Morgan fingerprint density at radius 1 is 1.38 bits per heavy atom. The zero-order valence-electron chi connectivity index (χ0n) is 9.34. The van der Waals surface area contributed by atoms with Crippen LogP contribution >= 0.6 is 0 Å². The molecule has 0 aliphatic heterocycles. The molecule has 86 valence electrons.